The van der Waals surface area contributed by atoms with Crippen LogP contribution in [0.4, 0.5) is 5.82 Å². The summed E-state index contributed by atoms with van der Waals surface area (Å²) < 4.78 is 29.0. The highest BCUT2D eigenvalue weighted by Gasteiger charge is 2.23. The van der Waals surface area contributed by atoms with Crippen LogP contribution in [0.3, 0.4) is 0 Å². The van der Waals surface area contributed by atoms with Crippen molar-refractivity contribution in [1.29, 1.82) is 0 Å². The lowest BCUT2D eigenvalue weighted by molar-refractivity contribution is -0.119. The molecule has 1 amide bonds. The minimum atomic E-state index is -3.95. The first-order valence-electron chi connectivity index (χ1n) is 10.3. The molecule has 11 nitrogen and oxygen atoms in total. The molecular formula is C21H24ClN7O4S. The van der Waals surface area contributed by atoms with E-state index in [1.54, 1.807) is 25.3 Å². The van der Waals surface area contributed by atoms with E-state index in [4.69, 9.17) is 17.3 Å². The fourth-order valence-corrected chi connectivity index (χ4v) is 4.49. The summed E-state index contributed by atoms with van der Waals surface area (Å²) in [5.41, 5.74) is 6.25. The van der Waals surface area contributed by atoms with Crippen molar-refractivity contribution >= 4 is 33.3 Å². The van der Waals surface area contributed by atoms with Crippen molar-refractivity contribution in [2.75, 3.05) is 11.9 Å². The minimum Gasteiger partial charge on any atom is -0.326 e. The van der Waals surface area contributed by atoms with Gasteiger partial charge in [0.1, 0.15) is 11.9 Å². The van der Waals surface area contributed by atoms with Crippen molar-refractivity contribution in [1.82, 2.24) is 24.5 Å². The molecule has 13 heteroatoms. The smallest absolute Gasteiger partial charge is 0.273 e. The lowest BCUT2D eigenvalue weighted by Gasteiger charge is -2.16. The second-order valence-electron chi connectivity index (χ2n) is 7.38. The van der Waals surface area contributed by atoms with E-state index in [0.29, 0.717) is 12.0 Å². The Hall–Kier alpha value is -3.19. The molecule has 0 aliphatic heterocycles. The van der Waals surface area contributed by atoms with Crippen LogP contribution < -0.4 is 21.3 Å². The topological polar surface area (TPSA) is 162 Å². The first kappa shape index (κ1) is 25.4. The van der Waals surface area contributed by atoms with E-state index >= 15 is 0 Å². The van der Waals surface area contributed by atoms with Crippen LogP contribution >= 0.6 is 11.6 Å². The number of hydrogen-bond donors (Lipinski definition) is 3. The number of carbonyl (C=O) groups is 1. The zero-order chi connectivity index (χ0) is 24.9. The molecule has 3 rings (SSSR count). The van der Waals surface area contributed by atoms with Gasteiger partial charge in [0, 0.05) is 31.4 Å². The Labute approximate surface area is 201 Å². The summed E-state index contributed by atoms with van der Waals surface area (Å²) in [5.74, 6) is -0.615. The van der Waals surface area contributed by atoms with Crippen molar-refractivity contribution < 1.29 is 13.2 Å². The molecule has 0 spiro atoms. The lowest BCUT2D eigenvalue weighted by atomic mass is 10.2. The van der Waals surface area contributed by atoms with Gasteiger partial charge in [0.05, 0.1) is 16.8 Å². The van der Waals surface area contributed by atoms with Crippen LogP contribution in [0.2, 0.25) is 5.02 Å². The number of amides is 1. The molecule has 3 aromatic heterocycles. The van der Waals surface area contributed by atoms with Crippen molar-refractivity contribution in [2.24, 2.45) is 5.73 Å². The number of nitrogens with two attached hydrogens (primary N) is 1. The van der Waals surface area contributed by atoms with Crippen LogP contribution in [0, 0.1) is 6.92 Å². The maximum atomic E-state index is 12.8. The monoisotopic (exact) mass is 505 g/mol. The van der Waals surface area contributed by atoms with Crippen LogP contribution in [0.15, 0.2) is 52.5 Å². The number of rotatable bonds is 9. The number of pyridine rings is 2. The molecule has 0 saturated carbocycles. The van der Waals surface area contributed by atoms with Gasteiger partial charge < -0.3 is 11.1 Å². The van der Waals surface area contributed by atoms with E-state index in [1.165, 1.54) is 25.3 Å². The molecule has 180 valence electrons. The second-order valence-corrected chi connectivity index (χ2v) is 9.47. The highest BCUT2D eigenvalue weighted by atomic mass is 35.5. The number of aromatic nitrogens is 4. The Morgan fingerprint density at radius 1 is 1.26 bits per heavy atom. The molecule has 1 atom stereocenters. The van der Waals surface area contributed by atoms with Crippen molar-refractivity contribution in [3.63, 3.8) is 0 Å². The van der Waals surface area contributed by atoms with Crippen LogP contribution in [0.25, 0.3) is 0 Å². The quantitative estimate of drug-likeness (QED) is 0.390. The summed E-state index contributed by atoms with van der Waals surface area (Å²) in [4.78, 5) is 33.5. The van der Waals surface area contributed by atoms with Gasteiger partial charge in [-0.25, -0.2) is 22.8 Å². The number of halogens is 1. The first-order chi connectivity index (χ1) is 16.1. The van der Waals surface area contributed by atoms with Crippen molar-refractivity contribution in [2.45, 2.75) is 37.9 Å². The Morgan fingerprint density at radius 2 is 2.03 bits per heavy atom. The average molecular weight is 506 g/mol. The predicted molar refractivity (Wildman–Crippen MR) is 127 cm³/mol. The number of nitrogens with zero attached hydrogens (tertiary/aromatic N) is 4. The van der Waals surface area contributed by atoms with Gasteiger partial charge in [0.25, 0.3) is 15.6 Å². The zero-order valence-electron chi connectivity index (χ0n) is 18.5. The number of carbonyl (C=O) groups excluding carboxylic acids is 1. The van der Waals surface area contributed by atoms with E-state index in [9.17, 15) is 18.0 Å². The zero-order valence-corrected chi connectivity index (χ0v) is 20.1. The summed E-state index contributed by atoms with van der Waals surface area (Å²) in [5, 5.41) is 6.32. The van der Waals surface area contributed by atoms with E-state index in [0.717, 1.165) is 10.4 Å². The molecule has 34 heavy (non-hydrogen) atoms. The van der Waals surface area contributed by atoms with Gasteiger partial charge in [-0.15, -0.1) is 0 Å². The molecule has 0 unspecified atom stereocenters. The van der Waals surface area contributed by atoms with Gasteiger partial charge in [-0.2, -0.15) is 5.10 Å². The van der Waals surface area contributed by atoms with E-state index in [-0.39, 0.29) is 34.5 Å². The summed E-state index contributed by atoms with van der Waals surface area (Å²) in [6.45, 7) is 3.08. The van der Waals surface area contributed by atoms with Gasteiger partial charge in [0.15, 0.2) is 5.03 Å². The molecule has 0 radical (unpaired) electrons. The third kappa shape index (κ3) is 5.83. The van der Waals surface area contributed by atoms with Crippen molar-refractivity contribution in [3.8, 4) is 0 Å². The van der Waals surface area contributed by atoms with Crippen molar-refractivity contribution in [3.05, 3.63) is 74.9 Å². The third-order valence-electron chi connectivity index (χ3n) is 4.96. The number of hydrogen-bond acceptors (Lipinski definition) is 8. The Morgan fingerprint density at radius 3 is 2.71 bits per heavy atom. The number of sulfonamides is 1. The minimum absolute atomic E-state index is 0.00797. The maximum absolute atomic E-state index is 12.8. The first-order valence-corrected chi connectivity index (χ1v) is 12.1. The van der Waals surface area contributed by atoms with Gasteiger partial charge in [-0.3, -0.25) is 14.6 Å². The Kier molecular flexibility index (Phi) is 8.10. The Bertz CT molecular complexity index is 1350. The van der Waals surface area contributed by atoms with Crippen LogP contribution in [-0.2, 0) is 27.8 Å². The summed E-state index contributed by atoms with van der Waals surface area (Å²) in [6, 6.07) is 7.36. The number of anilines is 1. The fourth-order valence-electron chi connectivity index (χ4n) is 3.07. The van der Waals surface area contributed by atoms with E-state index in [1.807, 2.05) is 6.07 Å². The highest BCUT2D eigenvalue weighted by Crippen LogP contribution is 2.17. The molecular weight excluding hydrogens is 482 g/mol. The lowest BCUT2D eigenvalue weighted by Crippen LogP contribution is -2.36. The Balaban J connectivity index is 1.75. The SMILES string of the molecule is Cc1ccc(NC(=O)[C@@H](C)n2ncc(Cl)c(CN)c2=O)nc1S(=O)(=O)NCCc1ccccn1. The van der Waals surface area contributed by atoms with Crippen LogP contribution in [0.1, 0.15) is 29.8 Å². The summed E-state index contributed by atoms with van der Waals surface area (Å²) in [6.07, 6.45) is 3.27. The van der Waals surface area contributed by atoms with E-state index < -0.39 is 27.5 Å². The number of aryl methyl sites for hydroxylation is 1. The van der Waals surface area contributed by atoms with E-state index in [2.05, 4.69) is 25.1 Å². The molecule has 3 aromatic rings. The molecule has 0 aromatic carbocycles. The van der Waals surface area contributed by atoms with Gasteiger partial charge in [-0.05, 0) is 37.6 Å². The maximum Gasteiger partial charge on any atom is 0.273 e. The fraction of sp³-hybridized carbons (Fsp3) is 0.286. The van der Waals surface area contributed by atoms with Crippen LogP contribution in [0.5, 0.6) is 0 Å². The normalized spacial score (nSPS) is 12.4. The van der Waals surface area contributed by atoms with Crippen LogP contribution in [-0.4, -0.2) is 40.6 Å². The molecule has 0 aliphatic carbocycles. The van der Waals surface area contributed by atoms with Gasteiger partial charge in [-0.1, -0.05) is 23.7 Å². The average Bonchev–Trinajstić information content (AvgIpc) is 2.80. The molecule has 0 fully saturated rings. The second kappa shape index (κ2) is 10.8. The third-order valence-corrected chi connectivity index (χ3v) is 6.79. The predicted octanol–water partition coefficient (Wildman–Crippen LogP) is 1.17. The largest absolute Gasteiger partial charge is 0.326 e. The van der Waals surface area contributed by atoms with Gasteiger partial charge >= 0.3 is 0 Å². The molecule has 4 N–H and O–H groups in total. The molecule has 0 saturated heterocycles. The van der Waals surface area contributed by atoms with Gasteiger partial charge in [0.2, 0.25) is 5.91 Å². The standard InChI is InChI=1S/C21H24ClN7O4S/c1-13-6-7-18(27-19(30)14(2)29-21(31)16(11-23)17(22)12-25-29)28-20(13)34(32,33)26-10-8-15-5-3-4-9-24-15/h3-7,9,12,14,26H,8,10-11,23H2,1-2H3,(H,27,28,30)/t14-/m1/s1. The highest BCUT2D eigenvalue weighted by molar-refractivity contribution is 7.89. The molecule has 0 bridgehead atoms. The molecule has 3 heterocycles. The summed E-state index contributed by atoms with van der Waals surface area (Å²) in [7, 11) is -3.95. The number of nitrogens with one attached hydrogen (secondary N) is 2. The summed E-state index contributed by atoms with van der Waals surface area (Å²) >= 11 is 5.93. The molecule has 0 aliphatic rings.